The lowest BCUT2D eigenvalue weighted by molar-refractivity contribution is 0.821. The third-order valence-electron chi connectivity index (χ3n) is 2.91. The van der Waals surface area contributed by atoms with Crippen molar-refractivity contribution in [2.75, 3.05) is 0 Å². The zero-order valence-corrected chi connectivity index (χ0v) is 9.69. The fourth-order valence-electron chi connectivity index (χ4n) is 1.93. The Morgan fingerprint density at radius 1 is 1.00 bits per heavy atom. The van der Waals surface area contributed by atoms with E-state index in [0.717, 1.165) is 22.2 Å². The van der Waals surface area contributed by atoms with Crippen LogP contribution in [-0.2, 0) is 0 Å². The first kappa shape index (κ1) is 10.8. The Hall–Kier alpha value is -2.33. The molecular formula is C14H12N4. The van der Waals surface area contributed by atoms with E-state index in [9.17, 15) is 0 Å². The molecular weight excluding hydrogens is 224 g/mol. The molecule has 2 N–H and O–H groups in total. The maximum Gasteiger partial charge on any atom is 0.115 e. The van der Waals surface area contributed by atoms with Gasteiger partial charge in [-0.15, -0.1) is 0 Å². The average molecular weight is 236 g/mol. The number of pyridine rings is 1. The van der Waals surface area contributed by atoms with Gasteiger partial charge in [0.05, 0.1) is 17.3 Å². The number of hydrogen-bond acceptors (Lipinski definition) is 4. The van der Waals surface area contributed by atoms with Gasteiger partial charge >= 0.3 is 0 Å². The maximum absolute atomic E-state index is 6.19. The van der Waals surface area contributed by atoms with Crippen LogP contribution < -0.4 is 5.73 Å². The number of benzene rings is 1. The maximum atomic E-state index is 6.19. The first-order valence-corrected chi connectivity index (χ1v) is 5.71. The number of hydrogen-bond donors (Lipinski definition) is 1. The second-order valence-corrected chi connectivity index (χ2v) is 4.07. The number of nitrogens with two attached hydrogens (primary N) is 1. The molecule has 0 saturated carbocycles. The molecule has 0 saturated heterocycles. The van der Waals surface area contributed by atoms with E-state index in [4.69, 9.17) is 5.73 Å². The predicted octanol–water partition coefficient (Wildman–Crippen LogP) is 2.07. The van der Waals surface area contributed by atoms with Gasteiger partial charge in [-0.1, -0.05) is 18.2 Å². The highest BCUT2D eigenvalue weighted by atomic mass is 14.8. The predicted molar refractivity (Wildman–Crippen MR) is 69.8 cm³/mol. The molecule has 88 valence electrons. The number of aromatic nitrogens is 3. The van der Waals surface area contributed by atoms with Gasteiger partial charge in [-0.3, -0.25) is 4.98 Å². The molecule has 0 spiro atoms. The molecule has 0 fully saturated rings. The summed E-state index contributed by atoms with van der Waals surface area (Å²) < 4.78 is 0. The van der Waals surface area contributed by atoms with E-state index >= 15 is 0 Å². The van der Waals surface area contributed by atoms with Crippen LogP contribution in [0.25, 0.3) is 10.9 Å². The second kappa shape index (κ2) is 4.50. The molecule has 3 rings (SSSR count). The van der Waals surface area contributed by atoms with Gasteiger partial charge in [0.1, 0.15) is 6.33 Å². The van der Waals surface area contributed by atoms with Crippen LogP contribution in [0.5, 0.6) is 0 Å². The molecule has 1 aromatic carbocycles. The van der Waals surface area contributed by atoms with Crippen LogP contribution >= 0.6 is 0 Å². The highest BCUT2D eigenvalue weighted by molar-refractivity contribution is 5.79. The molecule has 1 unspecified atom stereocenters. The summed E-state index contributed by atoms with van der Waals surface area (Å²) in [6.07, 6.45) is 4.98. The highest BCUT2D eigenvalue weighted by Crippen LogP contribution is 2.21. The summed E-state index contributed by atoms with van der Waals surface area (Å²) in [6.45, 7) is 0. The quantitative estimate of drug-likeness (QED) is 0.739. The van der Waals surface area contributed by atoms with Crippen molar-refractivity contribution in [3.63, 3.8) is 0 Å². The van der Waals surface area contributed by atoms with Crippen LogP contribution in [-0.4, -0.2) is 15.0 Å². The number of fused-ring (bicyclic) bond motifs is 1. The molecule has 0 radical (unpaired) electrons. The van der Waals surface area contributed by atoms with E-state index in [0.29, 0.717) is 0 Å². The smallest absolute Gasteiger partial charge is 0.115 e. The van der Waals surface area contributed by atoms with Gasteiger partial charge in [0, 0.05) is 17.8 Å². The largest absolute Gasteiger partial charge is 0.319 e. The van der Waals surface area contributed by atoms with Crippen LogP contribution in [0.2, 0.25) is 0 Å². The summed E-state index contributed by atoms with van der Waals surface area (Å²) in [7, 11) is 0. The summed E-state index contributed by atoms with van der Waals surface area (Å²) in [4.78, 5) is 12.4. The summed E-state index contributed by atoms with van der Waals surface area (Å²) in [6, 6.07) is 11.6. The van der Waals surface area contributed by atoms with Crippen molar-refractivity contribution in [3.8, 4) is 0 Å². The molecule has 0 bridgehead atoms. The van der Waals surface area contributed by atoms with Crippen LogP contribution in [0.4, 0.5) is 0 Å². The standard InChI is InChI=1S/C14H12N4/c15-14(12-5-7-16-9-18-12)11-4-3-10-2-1-6-17-13(10)8-11/h1-9,14H,15H2. The topological polar surface area (TPSA) is 64.7 Å². The summed E-state index contributed by atoms with van der Waals surface area (Å²) >= 11 is 0. The van der Waals surface area contributed by atoms with Crippen molar-refractivity contribution in [2.24, 2.45) is 5.73 Å². The number of nitrogens with zero attached hydrogens (tertiary/aromatic N) is 3. The summed E-state index contributed by atoms with van der Waals surface area (Å²) in [5.41, 5.74) is 8.94. The van der Waals surface area contributed by atoms with E-state index in [-0.39, 0.29) is 6.04 Å². The van der Waals surface area contributed by atoms with E-state index in [1.54, 1.807) is 12.4 Å². The van der Waals surface area contributed by atoms with E-state index in [2.05, 4.69) is 15.0 Å². The van der Waals surface area contributed by atoms with Crippen molar-refractivity contribution in [1.82, 2.24) is 15.0 Å². The van der Waals surface area contributed by atoms with Crippen molar-refractivity contribution in [2.45, 2.75) is 6.04 Å². The lowest BCUT2D eigenvalue weighted by atomic mass is 10.0. The van der Waals surface area contributed by atoms with E-state index < -0.39 is 0 Å². The Kier molecular flexibility index (Phi) is 2.70. The van der Waals surface area contributed by atoms with Crippen molar-refractivity contribution in [1.29, 1.82) is 0 Å². The van der Waals surface area contributed by atoms with Crippen LogP contribution in [0.15, 0.2) is 55.1 Å². The first-order valence-electron chi connectivity index (χ1n) is 5.71. The van der Waals surface area contributed by atoms with Crippen LogP contribution in [0.1, 0.15) is 17.3 Å². The van der Waals surface area contributed by atoms with E-state index in [1.807, 2.05) is 36.4 Å². The molecule has 3 aromatic rings. The third-order valence-corrected chi connectivity index (χ3v) is 2.91. The van der Waals surface area contributed by atoms with Gasteiger partial charge in [0.25, 0.3) is 0 Å². The normalized spacial score (nSPS) is 12.5. The Bertz CT molecular complexity index is 667. The van der Waals surface area contributed by atoms with Gasteiger partial charge < -0.3 is 5.73 Å². The minimum atomic E-state index is -0.251. The molecule has 0 aliphatic heterocycles. The molecule has 0 amide bonds. The minimum absolute atomic E-state index is 0.251. The number of rotatable bonds is 2. The van der Waals surface area contributed by atoms with Gasteiger partial charge in [0.2, 0.25) is 0 Å². The van der Waals surface area contributed by atoms with Crippen LogP contribution in [0, 0.1) is 0 Å². The molecule has 2 heterocycles. The lowest BCUT2D eigenvalue weighted by Gasteiger charge is -2.11. The summed E-state index contributed by atoms with van der Waals surface area (Å²) in [5.74, 6) is 0. The monoisotopic (exact) mass is 236 g/mol. The molecule has 2 aromatic heterocycles. The van der Waals surface area contributed by atoms with Gasteiger partial charge in [-0.05, 0) is 23.8 Å². The SMILES string of the molecule is NC(c1ccc2cccnc2c1)c1ccncn1. The fraction of sp³-hybridized carbons (Fsp3) is 0.0714. The summed E-state index contributed by atoms with van der Waals surface area (Å²) in [5, 5.41) is 1.11. The van der Waals surface area contributed by atoms with Gasteiger partial charge in [-0.2, -0.15) is 0 Å². The Morgan fingerprint density at radius 3 is 2.78 bits per heavy atom. The molecule has 4 nitrogen and oxygen atoms in total. The molecule has 18 heavy (non-hydrogen) atoms. The highest BCUT2D eigenvalue weighted by Gasteiger charge is 2.10. The first-order chi connectivity index (χ1) is 8.84. The lowest BCUT2D eigenvalue weighted by Crippen LogP contribution is -2.13. The van der Waals surface area contributed by atoms with Crippen LogP contribution in [0.3, 0.4) is 0 Å². The van der Waals surface area contributed by atoms with Crippen molar-refractivity contribution in [3.05, 3.63) is 66.4 Å². The Labute approximate surface area is 105 Å². The Morgan fingerprint density at radius 2 is 1.94 bits per heavy atom. The average Bonchev–Trinajstić information content (AvgIpc) is 2.47. The Balaban J connectivity index is 2.04. The van der Waals surface area contributed by atoms with E-state index in [1.165, 1.54) is 6.33 Å². The van der Waals surface area contributed by atoms with Crippen molar-refractivity contribution >= 4 is 10.9 Å². The third kappa shape index (κ3) is 1.94. The zero-order valence-electron chi connectivity index (χ0n) is 9.69. The van der Waals surface area contributed by atoms with Gasteiger partial charge in [-0.25, -0.2) is 9.97 Å². The molecule has 1 atom stereocenters. The second-order valence-electron chi connectivity index (χ2n) is 4.07. The minimum Gasteiger partial charge on any atom is -0.319 e. The zero-order chi connectivity index (χ0) is 12.4. The molecule has 4 heteroatoms. The van der Waals surface area contributed by atoms with Gasteiger partial charge in [0.15, 0.2) is 0 Å². The molecule has 0 aliphatic carbocycles. The molecule has 0 aliphatic rings. The van der Waals surface area contributed by atoms with Crippen molar-refractivity contribution < 1.29 is 0 Å². The fourth-order valence-corrected chi connectivity index (χ4v) is 1.93.